The van der Waals surface area contributed by atoms with Crippen LogP contribution in [0.3, 0.4) is 0 Å². The van der Waals surface area contributed by atoms with Crippen molar-refractivity contribution in [1.82, 2.24) is 10.3 Å². The van der Waals surface area contributed by atoms with Crippen molar-refractivity contribution in [3.05, 3.63) is 17.8 Å². The summed E-state index contributed by atoms with van der Waals surface area (Å²) in [6.45, 7) is 1.01. The Bertz CT molecular complexity index is 362. The van der Waals surface area contributed by atoms with Gasteiger partial charge in [0.15, 0.2) is 5.89 Å². The van der Waals surface area contributed by atoms with E-state index >= 15 is 0 Å². The van der Waals surface area contributed by atoms with E-state index in [1.165, 1.54) is 51.4 Å². The molecule has 0 saturated heterocycles. The van der Waals surface area contributed by atoms with Crippen molar-refractivity contribution < 1.29 is 4.42 Å². The highest BCUT2D eigenvalue weighted by Crippen LogP contribution is 2.31. The Balaban J connectivity index is 1.50. The minimum atomic E-state index is 0.630. The Labute approximate surface area is 109 Å². The van der Waals surface area contributed by atoms with Crippen LogP contribution in [0.25, 0.3) is 0 Å². The first-order valence-electron chi connectivity index (χ1n) is 7.60. The number of aromatic nitrogens is 1. The summed E-state index contributed by atoms with van der Waals surface area (Å²) >= 11 is 0. The SMILES string of the molecule is c1nc(CCNC2CC2)oc1C1CCCCCC1. The van der Waals surface area contributed by atoms with Crippen LogP contribution in [-0.4, -0.2) is 17.6 Å². The van der Waals surface area contributed by atoms with Gasteiger partial charge in [0, 0.05) is 24.9 Å². The summed E-state index contributed by atoms with van der Waals surface area (Å²) in [5.74, 6) is 2.69. The molecule has 2 saturated carbocycles. The topological polar surface area (TPSA) is 38.1 Å². The number of rotatable bonds is 5. The van der Waals surface area contributed by atoms with E-state index in [1.807, 2.05) is 6.20 Å². The molecular formula is C15H24N2O. The van der Waals surface area contributed by atoms with Gasteiger partial charge < -0.3 is 9.73 Å². The first-order valence-corrected chi connectivity index (χ1v) is 7.60. The molecule has 1 heterocycles. The summed E-state index contributed by atoms with van der Waals surface area (Å²) in [6, 6.07) is 0.779. The van der Waals surface area contributed by atoms with E-state index in [4.69, 9.17) is 4.42 Å². The zero-order valence-electron chi connectivity index (χ0n) is 11.2. The van der Waals surface area contributed by atoms with Gasteiger partial charge in [0.1, 0.15) is 5.76 Å². The molecule has 0 radical (unpaired) electrons. The standard InChI is InChI=1S/C15H24N2O/c1-2-4-6-12(5-3-1)14-11-17-15(18-14)9-10-16-13-7-8-13/h11-13,16H,1-10H2. The largest absolute Gasteiger partial charge is 0.445 e. The van der Waals surface area contributed by atoms with Crippen LogP contribution in [0, 0.1) is 0 Å². The predicted octanol–water partition coefficient (Wildman–Crippen LogP) is 3.41. The van der Waals surface area contributed by atoms with Crippen LogP contribution >= 0.6 is 0 Å². The molecule has 3 rings (SSSR count). The Morgan fingerprint density at radius 2 is 1.89 bits per heavy atom. The summed E-state index contributed by atoms with van der Waals surface area (Å²) in [5, 5.41) is 3.50. The van der Waals surface area contributed by atoms with Crippen molar-refractivity contribution in [3.8, 4) is 0 Å². The molecule has 3 heteroatoms. The normalized spacial score (nSPS) is 22.0. The molecule has 18 heavy (non-hydrogen) atoms. The fourth-order valence-electron chi connectivity index (χ4n) is 2.86. The van der Waals surface area contributed by atoms with Crippen LogP contribution in [-0.2, 0) is 6.42 Å². The lowest BCUT2D eigenvalue weighted by Gasteiger charge is -2.09. The number of nitrogens with one attached hydrogen (secondary N) is 1. The maximum atomic E-state index is 5.93. The molecule has 0 unspecified atom stereocenters. The lowest BCUT2D eigenvalue weighted by molar-refractivity contribution is 0.401. The zero-order valence-corrected chi connectivity index (χ0v) is 11.2. The molecule has 1 aromatic heterocycles. The minimum Gasteiger partial charge on any atom is -0.445 e. The van der Waals surface area contributed by atoms with Crippen molar-refractivity contribution in [2.75, 3.05) is 6.54 Å². The van der Waals surface area contributed by atoms with Gasteiger partial charge in [-0.2, -0.15) is 0 Å². The molecule has 2 aliphatic carbocycles. The van der Waals surface area contributed by atoms with Gasteiger partial charge in [-0.05, 0) is 25.7 Å². The van der Waals surface area contributed by atoms with Crippen molar-refractivity contribution in [1.29, 1.82) is 0 Å². The summed E-state index contributed by atoms with van der Waals surface area (Å²) in [4.78, 5) is 4.43. The maximum absolute atomic E-state index is 5.93. The lowest BCUT2D eigenvalue weighted by Crippen LogP contribution is -2.19. The van der Waals surface area contributed by atoms with Gasteiger partial charge in [-0.1, -0.05) is 25.7 Å². The number of nitrogens with zero attached hydrogens (tertiary/aromatic N) is 1. The molecule has 2 aliphatic rings. The fourth-order valence-corrected chi connectivity index (χ4v) is 2.86. The quantitative estimate of drug-likeness (QED) is 0.811. The summed E-state index contributed by atoms with van der Waals surface area (Å²) in [5.41, 5.74) is 0. The number of oxazole rings is 1. The summed E-state index contributed by atoms with van der Waals surface area (Å²) in [7, 11) is 0. The molecule has 100 valence electrons. The third kappa shape index (κ3) is 3.35. The molecule has 2 fully saturated rings. The summed E-state index contributed by atoms with van der Waals surface area (Å²) in [6.07, 6.45) is 13.7. The van der Waals surface area contributed by atoms with Crippen LogP contribution in [0.1, 0.15) is 68.9 Å². The highest BCUT2D eigenvalue weighted by Gasteiger charge is 2.21. The molecule has 0 aromatic carbocycles. The Morgan fingerprint density at radius 1 is 1.11 bits per heavy atom. The first-order chi connectivity index (χ1) is 8.92. The second-order valence-corrected chi connectivity index (χ2v) is 5.82. The highest BCUT2D eigenvalue weighted by molar-refractivity contribution is 5.02. The van der Waals surface area contributed by atoms with E-state index < -0.39 is 0 Å². The zero-order chi connectivity index (χ0) is 12.2. The van der Waals surface area contributed by atoms with Gasteiger partial charge in [0.05, 0.1) is 6.20 Å². The van der Waals surface area contributed by atoms with Crippen LogP contribution in [0.4, 0.5) is 0 Å². The minimum absolute atomic E-state index is 0.630. The molecule has 0 bridgehead atoms. The van der Waals surface area contributed by atoms with Gasteiger partial charge in [-0.25, -0.2) is 4.98 Å². The molecule has 3 nitrogen and oxygen atoms in total. The second kappa shape index (κ2) is 5.87. The Kier molecular flexibility index (Phi) is 3.99. The first kappa shape index (κ1) is 12.2. The highest BCUT2D eigenvalue weighted by atomic mass is 16.4. The lowest BCUT2D eigenvalue weighted by atomic mass is 9.98. The molecular weight excluding hydrogens is 224 g/mol. The summed E-state index contributed by atoms with van der Waals surface area (Å²) < 4.78 is 5.93. The molecule has 1 aromatic rings. The average molecular weight is 248 g/mol. The van der Waals surface area contributed by atoms with Crippen LogP contribution in [0.2, 0.25) is 0 Å². The van der Waals surface area contributed by atoms with Crippen LogP contribution in [0.15, 0.2) is 10.6 Å². The third-order valence-electron chi connectivity index (χ3n) is 4.18. The predicted molar refractivity (Wildman–Crippen MR) is 71.7 cm³/mol. The van der Waals surface area contributed by atoms with Gasteiger partial charge in [-0.15, -0.1) is 0 Å². The monoisotopic (exact) mass is 248 g/mol. The third-order valence-corrected chi connectivity index (χ3v) is 4.18. The van der Waals surface area contributed by atoms with E-state index in [0.717, 1.165) is 30.7 Å². The second-order valence-electron chi connectivity index (χ2n) is 5.82. The molecule has 0 aliphatic heterocycles. The van der Waals surface area contributed by atoms with Crippen molar-refractivity contribution in [2.24, 2.45) is 0 Å². The van der Waals surface area contributed by atoms with E-state index in [9.17, 15) is 0 Å². The van der Waals surface area contributed by atoms with Gasteiger partial charge in [0.25, 0.3) is 0 Å². The average Bonchev–Trinajstić information content (AvgIpc) is 3.14. The number of hydrogen-bond acceptors (Lipinski definition) is 3. The van der Waals surface area contributed by atoms with Gasteiger partial charge >= 0.3 is 0 Å². The van der Waals surface area contributed by atoms with Crippen molar-refractivity contribution in [2.45, 2.75) is 69.7 Å². The van der Waals surface area contributed by atoms with Crippen molar-refractivity contribution in [3.63, 3.8) is 0 Å². The van der Waals surface area contributed by atoms with E-state index in [1.54, 1.807) is 0 Å². The Hall–Kier alpha value is -0.830. The van der Waals surface area contributed by atoms with Crippen molar-refractivity contribution >= 4 is 0 Å². The van der Waals surface area contributed by atoms with Crippen LogP contribution in [0.5, 0.6) is 0 Å². The smallest absolute Gasteiger partial charge is 0.195 e. The van der Waals surface area contributed by atoms with E-state index in [-0.39, 0.29) is 0 Å². The molecule has 1 N–H and O–H groups in total. The fraction of sp³-hybridized carbons (Fsp3) is 0.800. The van der Waals surface area contributed by atoms with E-state index in [2.05, 4.69) is 10.3 Å². The Morgan fingerprint density at radius 3 is 2.61 bits per heavy atom. The molecule has 0 atom stereocenters. The molecule has 0 amide bonds. The molecule has 0 spiro atoms. The maximum Gasteiger partial charge on any atom is 0.195 e. The van der Waals surface area contributed by atoms with E-state index in [0.29, 0.717) is 5.92 Å². The number of hydrogen-bond donors (Lipinski definition) is 1. The van der Waals surface area contributed by atoms with Gasteiger partial charge in [-0.3, -0.25) is 0 Å². The van der Waals surface area contributed by atoms with Gasteiger partial charge in [0.2, 0.25) is 0 Å². The van der Waals surface area contributed by atoms with Crippen LogP contribution < -0.4 is 5.32 Å².